The van der Waals surface area contributed by atoms with E-state index in [2.05, 4.69) is 22.5 Å². The molecule has 1 aromatic carbocycles. The second-order valence-electron chi connectivity index (χ2n) is 9.76. The van der Waals surface area contributed by atoms with Crippen molar-refractivity contribution in [1.82, 2.24) is 10.3 Å². The summed E-state index contributed by atoms with van der Waals surface area (Å²) in [4.78, 5) is 17.1. The van der Waals surface area contributed by atoms with Gasteiger partial charge in [0.25, 0.3) is 0 Å². The zero-order chi connectivity index (χ0) is 23.9. The van der Waals surface area contributed by atoms with E-state index in [1.54, 1.807) is 12.1 Å². The highest BCUT2D eigenvalue weighted by molar-refractivity contribution is 5.91. The zero-order valence-electron chi connectivity index (χ0n) is 19.9. The number of carbonyl (C=O) groups excluding carboxylic acids is 1. The normalized spacial score (nSPS) is 22.3. The fraction of sp³-hybridized carbons (Fsp3) is 0.556. The number of carbonyl (C=O) groups is 1. The Bertz CT molecular complexity index is 939. The summed E-state index contributed by atoms with van der Waals surface area (Å²) in [5.74, 6) is -0.476. The number of pyridine rings is 1. The number of benzene rings is 1. The number of nitrogens with zero attached hydrogens (tertiary/aromatic N) is 1. The Hall–Kier alpha value is -2.38. The standard InChI is InChI=1S/C27H35F2N3O2/c1-18-17-34-22(14-31-18)11-12-23-25(29)15-30-16-26(23)32-27(33)13-24(19-5-3-2-4-6-19)20-7-9-21(28)10-8-20/h7-10,15-16,18-19,22,24,31H,2-6,11-14,17H2,1H3,(H,32,33)/t18-,22-,24?/m1/s1. The number of anilines is 1. The average molecular weight is 472 g/mol. The van der Waals surface area contributed by atoms with Gasteiger partial charge in [-0.3, -0.25) is 9.78 Å². The highest BCUT2D eigenvalue weighted by Gasteiger charge is 2.28. The summed E-state index contributed by atoms with van der Waals surface area (Å²) in [6, 6.07) is 6.81. The second-order valence-corrected chi connectivity index (χ2v) is 9.76. The van der Waals surface area contributed by atoms with E-state index in [0.717, 1.165) is 37.8 Å². The van der Waals surface area contributed by atoms with Crippen molar-refractivity contribution < 1.29 is 18.3 Å². The molecule has 1 aromatic heterocycles. The van der Waals surface area contributed by atoms with Gasteiger partial charge in [0.15, 0.2) is 0 Å². The predicted octanol–water partition coefficient (Wildman–Crippen LogP) is 5.36. The first-order valence-electron chi connectivity index (χ1n) is 12.5. The molecule has 0 spiro atoms. The maximum atomic E-state index is 14.7. The van der Waals surface area contributed by atoms with E-state index in [1.165, 1.54) is 30.9 Å². The maximum Gasteiger partial charge on any atom is 0.225 e. The Balaban J connectivity index is 1.44. The van der Waals surface area contributed by atoms with E-state index < -0.39 is 5.82 Å². The van der Waals surface area contributed by atoms with Crippen LogP contribution in [-0.2, 0) is 16.0 Å². The molecule has 3 atom stereocenters. The topological polar surface area (TPSA) is 63.2 Å². The number of nitrogens with one attached hydrogen (secondary N) is 2. The molecule has 2 aromatic rings. The molecule has 0 bridgehead atoms. The largest absolute Gasteiger partial charge is 0.375 e. The highest BCUT2D eigenvalue weighted by Crippen LogP contribution is 2.38. The summed E-state index contributed by atoms with van der Waals surface area (Å²) in [5.41, 5.74) is 1.86. The van der Waals surface area contributed by atoms with Crippen LogP contribution in [0.5, 0.6) is 0 Å². The zero-order valence-corrected chi connectivity index (χ0v) is 19.9. The minimum absolute atomic E-state index is 0.00886. The average Bonchev–Trinajstić information content (AvgIpc) is 2.84. The Morgan fingerprint density at radius 1 is 1.18 bits per heavy atom. The summed E-state index contributed by atoms with van der Waals surface area (Å²) in [6.45, 7) is 3.44. The summed E-state index contributed by atoms with van der Waals surface area (Å²) < 4.78 is 34.0. The SMILES string of the molecule is C[C@@H]1CO[C@H](CCc2c(F)cncc2NC(=O)CC(c2ccc(F)cc2)C2CCCCC2)CN1. The van der Waals surface area contributed by atoms with Crippen molar-refractivity contribution in [2.75, 3.05) is 18.5 Å². The molecule has 1 unspecified atom stereocenters. The van der Waals surface area contributed by atoms with Crippen molar-refractivity contribution in [3.63, 3.8) is 0 Å². The van der Waals surface area contributed by atoms with Gasteiger partial charge < -0.3 is 15.4 Å². The smallest absolute Gasteiger partial charge is 0.225 e. The lowest BCUT2D eigenvalue weighted by molar-refractivity contribution is -0.116. The van der Waals surface area contributed by atoms with Crippen LogP contribution < -0.4 is 10.6 Å². The van der Waals surface area contributed by atoms with E-state index >= 15 is 0 Å². The maximum absolute atomic E-state index is 14.7. The Kier molecular flexibility index (Phi) is 8.62. The minimum atomic E-state index is -0.419. The van der Waals surface area contributed by atoms with Gasteiger partial charge in [-0.15, -0.1) is 0 Å². The van der Waals surface area contributed by atoms with Gasteiger partial charge in [0.1, 0.15) is 11.6 Å². The molecule has 1 amide bonds. The van der Waals surface area contributed by atoms with Crippen LogP contribution in [0.3, 0.4) is 0 Å². The molecule has 2 N–H and O–H groups in total. The fourth-order valence-corrected chi connectivity index (χ4v) is 5.25. The van der Waals surface area contributed by atoms with Crippen LogP contribution in [0.4, 0.5) is 14.5 Å². The van der Waals surface area contributed by atoms with Crippen molar-refractivity contribution in [1.29, 1.82) is 0 Å². The Labute approximate surface area is 200 Å². The molecular formula is C27H35F2N3O2. The molecule has 7 heteroatoms. The van der Waals surface area contributed by atoms with Crippen LogP contribution in [0.1, 0.15) is 68.9 Å². The van der Waals surface area contributed by atoms with Gasteiger partial charge in [-0.05, 0) is 62.1 Å². The Morgan fingerprint density at radius 2 is 1.94 bits per heavy atom. The fourth-order valence-electron chi connectivity index (χ4n) is 5.25. The van der Waals surface area contributed by atoms with E-state index in [-0.39, 0.29) is 30.2 Å². The van der Waals surface area contributed by atoms with Crippen LogP contribution in [0.15, 0.2) is 36.7 Å². The van der Waals surface area contributed by atoms with Gasteiger partial charge in [-0.1, -0.05) is 31.4 Å². The number of amides is 1. The molecule has 5 nitrogen and oxygen atoms in total. The summed E-state index contributed by atoms with van der Waals surface area (Å²) in [6.07, 6.45) is 9.77. The number of aromatic nitrogens is 1. The second kappa shape index (κ2) is 11.8. The summed E-state index contributed by atoms with van der Waals surface area (Å²) in [7, 11) is 0. The Morgan fingerprint density at radius 3 is 2.65 bits per heavy atom. The molecule has 2 aliphatic rings. The lowest BCUT2D eigenvalue weighted by atomic mass is 9.75. The van der Waals surface area contributed by atoms with Crippen LogP contribution in [0, 0.1) is 17.6 Å². The molecule has 1 saturated carbocycles. The lowest BCUT2D eigenvalue weighted by Crippen LogP contribution is -2.44. The van der Waals surface area contributed by atoms with Gasteiger partial charge in [0, 0.05) is 24.6 Å². The molecule has 2 fully saturated rings. The van der Waals surface area contributed by atoms with Crippen LogP contribution >= 0.6 is 0 Å². The number of ether oxygens (including phenoxy) is 1. The number of halogens is 2. The first-order valence-corrected chi connectivity index (χ1v) is 12.5. The molecule has 4 rings (SSSR count). The molecule has 2 heterocycles. The number of morpholine rings is 1. The van der Waals surface area contributed by atoms with Gasteiger partial charge >= 0.3 is 0 Å². The molecule has 1 saturated heterocycles. The van der Waals surface area contributed by atoms with Crippen LogP contribution in [-0.4, -0.2) is 36.2 Å². The number of rotatable bonds is 8. The van der Waals surface area contributed by atoms with E-state index in [9.17, 15) is 13.6 Å². The molecule has 1 aliphatic heterocycles. The number of hydrogen-bond donors (Lipinski definition) is 2. The molecule has 184 valence electrons. The minimum Gasteiger partial charge on any atom is -0.375 e. The monoisotopic (exact) mass is 471 g/mol. The van der Waals surface area contributed by atoms with E-state index in [1.807, 2.05) is 0 Å². The molecule has 34 heavy (non-hydrogen) atoms. The first-order chi connectivity index (χ1) is 16.5. The van der Waals surface area contributed by atoms with Crippen LogP contribution in [0.25, 0.3) is 0 Å². The third kappa shape index (κ3) is 6.60. The predicted molar refractivity (Wildman–Crippen MR) is 129 cm³/mol. The van der Waals surface area contributed by atoms with E-state index in [0.29, 0.717) is 42.7 Å². The van der Waals surface area contributed by atoms with Crippen molar-refractivity contribution in [3.8, 4) is 0 Å². The summed E-state index contributed by atoms with van der Waals surface area (Å²) >= 11 is 0. The van der Waals surface area contributed by atoms with E-state index in [4.69, 9.17) is 4.74 Å². The van der Waals surface area contributed by atoms with Gasteiger partial charge in [-0.25, -0.2) is 8.78 Å². The van der Waals surface area contributed by atoms with Crippen molar-refractivity contribution in [3.05, 3.63) is 59.4 Å². The van der Waals surface area contributed by atoms with Crippen LogP contribution in [0.2, 0.25) is 0 Å². The van der Waals surface area contributed by atoms with Crippen molar-refractivity contribution >= 4 is 11.6 Å². The highest BCUT2D eigenvalue weighted by atomic mass is 19.1. The third-order valence-electron chi connectivity index (χ3n) is 7.19. The third-order valence-corrected chi connectivity index (χ3v) is 7.19. The summed E-state index contributed by atoms with van der Waals surface area (Å²) in [5, 5.41) is 6.30. The quantitative estimate of drug-likeness (QED) is 0.544. The first kappa shape index (κ1) is 24.7. The van der Waals surface area contributed by atoms with Gasteiger partial charge in [0.2, 0.25) is 5.91 Å². The van der Waals surface area contributed by atoms with Gasteiger partial charge in [0.05, 0.1) is 30.8 Å². The molecule has 1 aliphatic carbocycles. The van der Waals surface area contributed by atoms with Crippen molar-refractivity contribution in [2.45, 2.75) is 76.4 Å². The molecular weight excluding hydrogens is 436 g/mol. The number of hydrogen-bond acceptors (Lipinski definition) is 4. The van der Waals surface area contributed by atoms with Gasteiger partial charge in [-0.2, -0.15) is 0 Å². The lowest BCUT2D eigenvalue weighted by Gasteiger charge is -2.30. The van der Waals surface area contributed by atoms with Crippen molar-refractivity contribution in [2.24, 2.45) is 5.92 Å². The molecule has 0 radical (unpaired) electrons.